The van der Waals surface area contributed by atoms with Gasteiger partial charge in [-0.15, -0.1) is 11.3 Å². The van der Waals surface area contributed by atoms with E-state index in [1.165, 1.54) is 11.3 Å². The molecule has 0 bridgehead atoms. The normalized spacial score (nSPS) is 21.4. The number of hydrogen-bond acceptors (Lipinski definition) is 5. The van der Waals surface area contributed by atoms with E-state index in [0.29, 0.717) is 12.8 Å². The number of halogens is 1. The molecule has 1 aliphatic rings. The van der Waals surface area contributed by atoms with Crippen molar-refractivity contribution in [3.05, 3.63) is 9.98 Å². The summed E-state index contributed by atoms with van der Waals surface area (Å²) in [6.45, 7) is 0. The zero-order chi connectivity index (χ0) is 10.9. The maximum atomic E-state index is 11.2. The van der Waals surface area contributed by atoms with Gasteiger partial charge >= 0.3 is 0 Å². The second-order valence-electron chi connectivity index (χ2n) is 3.55. The van der Waals surface area contributed by atoms with Crippen LogP contribution in [0.3, 0.4) is 0 Å². The van der Waals surface area contributed by atoms with Crippen LogP contribution >= 0.6 is 27.3 Å². The molecule has 2 rings (SSSR count). The van der Waals surface area contributed by atoms with Crippen molar-refractivity contribution in [2.45, 2.75) is 18.9 Å². The molecule has 0 atom stereocenters. The molecule has 0 spiro atoms. The van der Waals surface area contributed by atoms with Gasteiger partial charge in [-0.25, -0.2) is 13.4 Å². The Hall–Kier alpha value is -0.140. The van der Waals surface area contributed by atoms with Gasteiger partial charge in [0.15, 0.2) is 5.13 Å². The summed E-state index contributed by atoms with van der Waals surface area (Å²) in [4.78, 5) is 4.22. The third kappa shape index (κ3) is 3.15. The Morgan fingerprint density at radius 1 is 1.47 bits per heavy atom. The van der Waals surface area contributed by atoms with E-state index < -0.39 is 9.84 Å². The summed E-state index contributed by atoms with van der Waals surface area (Å²) < 4.78 is 23.2. The minimum atomic E-state index is -2.77. The number of nitrogens with zero attached hydrogens (tertiary/aromatic N) is 1. The molecule has 0 saturated carbocycles. The molecule has 84 valence electrons. The van der Waals surface area contributed by atoms with Gasteiger partial charge < -0.3 is 5.32 Å². The maximum absolute atomic E-state index is 11.2. The number of nitrogens with one attached hydrogen (secondary N) is 1. The number of thiazole rings is 1. The number of hydrogen-bond donors (Lipinski definition) is 1. The number of rotatable bonds is 2. The molecule has 0 aliphatic carbocycles. The van der Waals surface area contributed by atoms with E-state index >= 15 is 0 Å². The molecule has 15 heavy (non-hydrogen) atoms. The second kappa shape index (κ2) is 4.39. The van der Waals surface area contributed by atoms with E-state index in [0.717, 1.165) is 9.73 Å². The van der Waals surface area contributed by atoms with Crippen molar-refractivity contribution in [3.8, 4) is 0 Å². The van der Waals surface area contributed by atoms with Crippen molar-refractivity contribution in [1.29, 1.82) is 0 Å². The molecule has 1 aromatic heterocycles. The lowest BCUT2D eigenvalue weighted by Gasteiger charge is -2.22. The summed E-state index contributed by atoms with van der Waals surface area (Å²) in [6, 6.07) is 0.242. The summed E-state index contributed by atoms with van der Waals surface area (Å²) in [5.74, 6) is 0.578. The van der Waals surface area contributed by atoms with Crippen molar-refractivity contribution < 1.29 is 8.42 Å². The molecule has 0 radical (unpaired) electrons. The predicted octanol–water partition coefficient (Wildman–Crippen LogP) is 1.89. The Bertz CT molecular complexity index is 429. The molecule has 7 heteroatoms. The molecule has 0 unspecified atom stereocenters. The van der Waals surface area contributed by atoms with Crippen LogP contribution in [0, 0.1) is 0 Å². The van der Waals surface area contributed by atoms with Crippen LogP contribution in [0.15, 0.2) is 9.98 Å². The third-order valence-electron chi connectivity index (χ3n) is 2.36. The second-order valence-corrected chi connectivity index (χ2v) is 7.52. The monoisotopic (exact) mass is 310 g/mol. The highest BCUT2D eigenvalue weighted by atomic mass is 79.9. The van der Waals surface area contributed by atoms with Crippen LogP contribution in [-0.2, 0) is 9.84 Å². The lowest BCUT2D eigenvalue weighted by molar-refractivity contribution is 0.559. The zero-order valence-corrected chi connectivity index (χ0v) is 11.2. The van der Waals surface area contributed by atoms with Crippen molar-refractivity contribution in [2.24, 2.45) is 0 Å². The average Bonchev–Trinajstić information content (AvgIpc) is 2.55. The van der Waals surface area contributed by atoms with Gasteiger partial charge in [0.1, 0.15) is 14.4 Å². The molecule has 1 aromatic rings. The minimum Gasteiger partial charge on any atom is -0.359 e. The van der Waals surface area contributed by atoms with Crippen molar-refractivity contribution >= 4 is 42.2 Å². The minimum absolute atomic E-state index is 0.242. The van der Waals surface area contributed by atoms with Gasteiger partial charge in [0, 0.05) is 11.4 Å². The van der Waals surface area contributed by atoms with E-state index in [2.05, 4.69) is 26.2 Å². The Kier molecular flexibility index (Phi) is 3.32. The van der Waals surface area contributed by atoms with Gasteiger partial charge in [0.2, 0.25) is 0 Å². The number of sulfone groups is 1. The van der Waals surface area contributed by atoms with Crippen molar-refractivity contribution in [3.63, 3.8) is 0 Å². The van der Waals surface area contributed by atoms with Crippen LogP contribution < -0.4 is 5.32 Å². The topological polar surface area (TPSA) is 59.1 Å². The molecule has 1 fully saturated rings. The molecular formula is C8H11BrN2O2S2. The van der Waals surface area contributed by atoms with E-state index in [1.807, 2.05) is 5.38 Å². The Labute approximate surface area is 101 Å². The van der Waals surface area contributed by atoms with Gasteiger partial charge in [0.05, 0.1) is 11.5 Å². The fourth-order valence-corrected chi connectivity index (χ4v) is 4.24. The fraction of sp³-hybridized carbons (Fsp3) is 0.625. The van der Waals surface area contributed by atoms with E-state index in [9.17, 15) is 8.42 Å². The first-order chi connectivity index (χ1) is 7.05. The summed E-state index contributed by atoms with van der Waals surface area (Å²) >= 11 is 4.80. The molecule has 0 aromatic carbocycles. The first-order valence-corrected chi connectivity index (χ1v) is 8.12. The molecule has 4 nitrogen and oxygen atoms in total. The lowest BCUT2D eigenvalue weighted by Crippen LogP contribution is -2.32. The van der Waals surface area contributed by atoms with Crippen LogP contribution in [-0.4, -0.2) is 30.9 Å². The summed E-state index contributed by atoms with van der Waals surface area (Å²) in [6.07, 6.45) is 1.36. The summed E-state index contributed by atoms with van der Waals surface area (Å²) in [7, 11) is -2.77. The highest BCUT2D eigenvalue weighted by molar-refractivity contribution is 9.10. The Balaban J connectivity index is 1.92. The SMILES string of the molecule is O=S1(=O)CCC(Nc2nc(Br)cs2)CC1. The largest absolute Gasteiger partial charge is 0.359 e. The Morgan fingerprint density at radius 2 is 2.13 bits per heavy atom. The first-order valence-electron chi connectivity index (χ1n) is 4.63. The first kappa shape index (κ1) is 11.3. The predicted molar refractivity (Wildman–Crippen MR) is 65.1 cm³/mol. The zero-order valence-electron chi connectivity index (χ0n) is 7.94. The fourth-order valence-electron chi connectivity index (χ4n) is 1.53. The summed E-state index contributed by atoms with van der Waals surface area (Å²) in [5.41, 5.74) is 0. The van der Waals surface area contributed by atoms with Gasteiger partial charge in [-0.05, 0) is 28.8 Å². The Morgan fingerprint density at radius 3 is 2.67 bits per heavy atom. The van der Waals surface area contributed by atoms with Gasteiger partial charge in [-0.3, -0.25) is 0 Å². The highest BCUT2D eigenvalue weighted by Crippen LogP contribution is 2.23. The van der Waals surface area contributed by atoms with Crippen LogP contribution in [0.4, 0.5) is 5.13 Å². The lowest BCUT2D eigenvalue weighted by atomic mass is 10.2. The van der Waals surface area contributed by atoms with Gasteiger partial charge in [-0.2, -0.15) is 0 Å². The molecule has 0 amide bonds. The maximum Gasteiger partial charge on any atom is 0.183 e. The molecule has 2 heterocycles. The van der Waals surface area contributed by atoms with E-state index in [4.69, 9.17) is 0 Å². The summed E-state index contributed by atoms with van der Waals surface area (Å²) in [5, 5.41) is 6.01. The molecular weight excluding hydrogens is 300 g/mol. The van der Waals surface area contributed by atoms with Gasteiger partial charge in [-0.1, -0.05) is 0 Å². The molecule has 1 aliphatic heterocycles. The smallest absolute Gasteiger partial charge is 0.183 e. The number of anilines is 1. The quantitative estimate of drug-likeness (QED) is 0.906. The highest BCUT2D eigenvalue weighted by Gasteiger charge is 2.23. The average molecular weight is 311 g/mol. The van der Waals surface area contributed by atoms with Crippen molar-refractivity contribution in [2.75, 3.05) is 16.8 Å². The van der Waals surface area contributed by atoms with Crippen LogP contribution in [0.2, 0.25) is 0 Å². The van der Waals surface area contributed by atoms with Crippen molar-refractivity contribution in [1.82, 2.24) is 4.98 Å². The molecule has 1 saturated heterocycles. The standard InChI is InChI=1S/C8H11BrN2O2S2/c9-7-5-14-8(11-7)10-6-1-3-15(12,13)4-2-6/h5-6H,1-4H2,(H,10,11). The van der Waals surface area contributed by atoms with Crippen LogP contribution in [0.1, 0.15) is 12.8 Å². The number of aromatic nitrogens is 1. The van der Waals surface area contributed by atoms with E-state index in [1.54, 1.807) is 0 Å². The van der Waals surface area contributed by atoms with Gasteiger partial charge in [0.25, 0.3) is 0 Å². The molecule has 1 N–H and O–H groups in total. The van der Waals surface area contributed by atoms with Crippen LogP contribution in [0.5, 0.6) is 0 Å². The van der Waals surface area contributed by atoms with Crippen LogP contribution in [0.25, 0.3) is 0 Å². The third-order valence-corrected chi connectivity index (χ3v) is 5.56. The van der Waals surface area contributed by atoms with E-state index in [-0.39, 0.29) is 17.5 Å².